The number of anilines is 2. The molecular formula is C15H20FN3O2. The molecule has 2 fully saturated rings. The number of carbonyl (C=O) groups is 1. The molecule has 3 rings (SSSR count). The third-order valence-electron chi connectivity index (χ3n) is 4.53. The molecule has 114 valence electrons. The molecule has 2 aliphatic rings. The highest BCUT2D eigenvalue weighted by Crippen LogP contribution is 2.37. The smallest absolute Gasteiger partial charge is 0.238 e. The van der Waals surface area contributed by atoms with Gasteiger partial charge in [0.05, 0.1) is 18.3 Å². The van der Waals surface area contributed by atoms with E-state index >= 15 is 0 Å². The molecule has 0 spiro atoms. The number of hydrogen-bond acceptors (Lipinski definition) is 4. The Morgan fingerprint density at radius 3 is 3.00 bits per heavy atom. The molecule has 6 heteroatoms. The molecule has 0 aromatic heterocycles. The minimum Gasteiger partial charge on any atom is -0.399 e. The Hall–Kier alpha value is -1.66. The van der Waals surface area contributed by atoms with Gasteiger partial charge in [-0.15, -0.1) is 0 Å². The van der Waals surface area contributed by atoms with E-state index in [0.29, 0.717) is 11.6 Å². The van der Waals surface area contributed by atoms with E-state index in [9.17, 15) is 14.3 Å². The van der Waals surface area contributed by atoms with E-state index in [1.54, 1.807) is 0 Å². The molecule has 5 nitrogen and oxygen atoms in total. The average Bonchev–Trinajstić information content (AvgIpc) is 2.96. The van der Waals surface area contributed by atoms with Gasteiger partial charge in [0.25, 0.3) is 0 Å². The van der Waals surface area contributed by atoms with Crippen molar-refractivity contribution in [1.82, 2.24) is 4.90 Å². The van der Waals surface area contributed by atoms with E-state index in [-0.39, 0.29) is 30.2 Å². The summed E-state index contributed by atoms with van der Waals surface area (Å²) in [5, 5.41) is 12.4. The van der Waals surface area contributed by atoms with Crippen LogP contribution in [0.15, 0.2) is 18.2 Å². The standard InChI is InChI=1S/C15H20FN3O2/c16-12-3-2-10(17)5-13(12)18-15(21)8-19-6-9-1-4-14(20)11(9)7-19/h2-3,5,9,11,14,20H,1,4,6-8,17H2,(H,18,21). The van der Waals surface area contributed by atoms with Crippen LogP contribution in [0.3, 0.4) is 0 Å². The highest BCUT2D eigenvalue weighted by atomic mass is 19.1. The van der Waals surface area contributed by atoms with Gasteiger partial charge >= 0.3 is 0 Å². The summed E-state index contributed by atoms with van der Waals surface area (Å²) < 4.78 is 13.6. The lowest BCUT2D eigenvalue weighted by Crippen LogP contribution is -2.33. The number of nitrogens with one attached hydrogen (secondary N) is 1. The third-order valence-corrected chi connectivity index (χ3v) is 4.53. The Bertz CT molecular complexity index is 552. The van der Waals surface area contributed by atoms with Crippen LogP contribution in [-0.4, -0.2) is 41.7 Å². The maximum absolute atomic E-state index is 13.6. The Morgan fingerprint density at radius 1 is 1.43 bits per heavy atom. The van der Waals surface area contributed by atoms with Crippen molar-refractivity contribution in [2.24, 2.45) is 11.8 Å². The number of aliphatic hydroxyl groups excluding tert-OH is 1. The summed E-state index contributed by atoms with van der Waals surface area (Å²) in [7, 11) is 0. The lowest BCUT2D eigenvalue weighted by atomic mass is 10.00. The van der Waals surface area contributed by atoms with Crippen molar-refractivity contribution in [1.29, 1.82) is 0 Å². The van der Waals surface area contributed by atoms with Gasteiger partial charge in [-0.3, -0.25) is 9.69 Å². The van der Waals surface area contributed by atoms with Gasteiger partial charge in [0.1, 0.15) is 5.82 Å². The molecule has 3 unspecified atom stereocenters. The summed E-state index contributed by atoms with van der Waals surface area (Å²) >= 11 is 0. The average molecular weight is 293 g/mol. The van der Waals surface area contributed by atoms with Crippen LogP contribution in [0, 0.1) is 17.7 Å². The maximum Gasteiger partial charge on any atom is 0.238 e. The lowest BCUT2D eigenvalue weighted by molar-refractivity contribution is -0.117. The van der Waals surface area contributed by atoms with Gasteiger partial charge in [0.2, 0.25) is 5.91 Å². The monoisotopic (exact) mass is 293 g/mol. The molecule has 1 aliphatic carbocycles. The molecule has 0 radical (unpaired) electrons. The zero-order chi connectivity index (χ0) is 15.0. The number of halogens is 1. The number of nitrogen functional groups attached to an aromatic ring is 1. The second-order valence-corrected chi connectivity index (χ2v) is 6.05. The molecule has 1 amide bonds. The van der Waals surface area contributed by atoms with Gasteiger partial charge in [0, 0.05) is 24.7 Å². The number of fused-ring (bicyclic) bond motifs is 1. The fourth-order valence-corrected chi connectivity index (χ4v) is 3.49. The van der Waals surface area contributed by atoms with Crippen LogP contribution in [0.1, 0.15) is 12.8 Å². The SMILES string of the molecule is Nc1ccc(F)c(NC(=O)CN2CC3CCC(O)C3C2)c1. The van der Waals surface area contributed by atoms with E-state index < -0.39 is 5.82 Å². The Morgan fingerprint density at radius 2 is 2.24 bits per heavy atom. The minimum absolute atomic E-state index is 0.111. The molecule has 1 saturated heterocycles. The Balaban J connectivity index is 1.57. The molecule has 0 bridgehead atoms. The second kappa shape index (κ2) is 5.61. The molecule has 1 aromatic rings. The lowest BCUT2D eigenvalue weighted by Gasteiger charge is -2.17. The quantitative estimate of drug-likeness (QED) is 0.728. The largest absolute Gasteiger partial charge is 0.399 e. The molecule has 1 aromatic carbocycles. The van der Waals surface area contributed by atoms with Crippen molar-refractivity contribution >= 4 is 17.3 Å². The van der Waals surface area contributed by atoms with Crippen molar-refractivity contribution in [2.45, 2.75) is 18.9 Å². The van der Waals surface area contributed by atoms with Gasteiger partial charge in [-0.1, -0.05) is 0 Å². The molecular weight excluding hydrogens is 273 g/mol. The molecule has 1 aliphatic heterocycles. The van der Waals surface area contributed by atoms with Gasteiger partial charge in [-0.2, -0.15) is 0 Å². The van der Waals surface area contributed by atoms with Gasteiger partial charge in [-0.25, -0.2) is 4.39 Å². The van der Waals surface area contributed by atoms with Crippen molar-refractivity contribution < 1.29 is 14.3 Å². The predicted octanol–water partition coefficient (Wildman–Crippen LogP) is 1.05. The number of amides is 1. The fraction of sp³-hybridized carbons (Fsp3) is 0.533. The summed E-state index contributed by atoms with van der Waals surface area (Å²) in [6.45, 7) is 1.78. The summed E-state index contributed by atoms with van der Waals surface area (Å²) in [6.07, 6.45) is 1.65. The first-order valence-corrected chi connectivity index (χ1v) is 7.28. The maximum atomic E-state index is 13.6. The van der Waals surface area contributed by atoms with E-state index in [1.165, 1.54) is 18.2 Å². The second-order valence-electron chi connectivity index (χ2n) is 6.05. The highest BCUT2D eigenvalue weighted by molar-refractivity contribution is 5.92. The van der Waals surface area contributed by atoms with Crippen molar-refractivity contribution in [3.63, 3.8) is 0 Å². The van der Waals surface area contributed by atoms with Crippen LogP contribution >= 0.6 is 0 Å². The van der Waals surface area contributed by atoms with Crippen LogP contribution in [0.25, 0.3) is 0 Å². The number of nitrogens with zero attached hydrogens (tertiary/aromatic N) is 1. The molecule has 1 heterocycles. The number of aliphatic hydroxyl groups is 1. The summed E-state index contributed by atoms with van der Waals surface area (Å²) in [4.78, 5) is 14.0. The topological polar surface area (TPSA) is 78.6 Å². The zero-order valence-corrected chi connectivity index (χ0v) is 11.8. The fourth-order valence-electron chi connectivity index (χ4n) is 3.49. The number of nitrogens with two attached hydrogens (primary N) is 1. The van der Waals surface area contributed by atoms with E-state index in [2.05, 4.69) is 5.32 Å². The van der Waals surface area contributed by atoms with Crippen LogP contribution in [0.5, 0.6) is 0 Å². The van der Waals surface area contributed by atoms with E-state index in [1.807, 2.05) is 4.90 Å². The van der Waals surface area contributed by atoms with Gasteiger partial charge in [0.15, 0.2) is 0 Å². The normalized spacial score (nSPS) is 28.6. The first kappa shape index (κ1) is 14.3. The minimum atomic E-state index is -0.494. The number of carbonyl (C=O) groups excluding carboxylic acids is 1. The van der Waals surface area contributed by atoms with Crippen molar-refractivity contribution in [2.75, 3.05) is 30.7 Å². The summed E-state index contributed by atoms with van der Waals surface area (Å²) in [5.74, 6) is 0.0130. The Kier molecular flexibility index (Phi) is 3.82. The van der Waals surface area contributed by atoms with Gasteiger partial charge in [-0.05, 0) is 37.0 Å². The predicted molar refractivity (Wildman–Crippen MR) is 78.1 cm³/mol. The van der Waals surface area contributed by atoms with Crippen molar-refractivity contribution in [3.8, 4) is 0 Å². The third kappa shape index (κ3) is 3.01. The number of likely N-dealkylation sites (tertiary alicyclic amines) is 1. The van der Waals surface area contributed by atoms with E-state index in [4.69, 9.17) is 5.73 Å². The molecule has 4 N–H and O–H groups in total. The number of hydrogen-bond donors (Lipinski definition) is 3. The zero-order valence-electron chi connectivity index (χ0n) is 11.8. The Labute approximate surface area is 122 Å². The van der Waals surface area contributed by atoms with Crippen LogP contribution in [-0.2, 0) is 4.79 Å². The summed E-state index contributed by atoms with van der Waals surface area (Å²) in [5.41, 5.74) is 6.11. The molecule has 3 atom stereocenters. The van der Waals surface area contributed by atoms with Crippen LogP contribution < -0.4 is 11.1 Å². The number of rotatable bonds is 3. The number of benzene rings is 1. The molecule has 1 saturated carbocycles. The highest BCUT2D eigenvalue weighted by Gasteiger charge is 2.42. The van der Waals surface area contributed by atoms with Crippen LogP contribution in [0.4, 0.5) is 15.8 Å². The molecule has 21 heavy (non-hydrogen) atoms. The van der Waals surface area contributed by atoms with Crippen LogP contribution in [0.2, 0.25) is 0 Å². The first-order chi connectivity index (χ1) is 10.0. The first-order valence-electron chi connectivity index (χ1n) is 7.28. The van der Waals surface area contributed by atoms with Gasteiger partial charge < -0.3 is 16.2 Å². The van der Waals surface area contributed by atoms with E-state index in [0.717, 1.165) is 25.9 Å². The van der Waals surface area contributed by atoms with Crippen molar-refractivity contribution in [3.05, 3.63) is 24.0 Å². The summed E-state index contributed by atoms with van der Waals surface area (Å²) in [6, 6.07) is 4.10.